The lowest BCUT2D eigenvalue weighted by Gasteiger charge is -2.09. The summed E-state index contributed by atoms with van der Waals surface area (Å²) in [7, 11) is 0. The molecule has 26 heavy (non-hydrogen) atoms. The molecule has 0 radical (unpaired) electrons. The summed E-state index contributed by atoms with van der Waals surface area (Å²) in [5, 5.41) is 3.27. The molecule has 0 spiro atoms. The van der Waals surface area contributed by atoms with Crippen LogP contribution in [-0.2, 0) is 16.1 Å². The molecule has 0 bridgehead atoms. The summed E-state index contributed by atoms with van der Waals surface area (Å²) in [5.74, 6) is -0.490. The third-order valence-corrected chi connectivity index (χ3v) is 3.19. The van der Waals surface area contributed by atoms with Gasteiger partial charge in [0, 0.05) is 10.6 Å². The van der Waals surface area contributed by atoms with E-state index in [1.807, 2.05) is 4.98 Å². The number of esters is 1. The summed E-state index contributed by atoms with van der Waals surface area (Å²) < 4.78 is 10.4. The standard InChI is InChI=1S/C16H15N5O5/c1-10(20-21-17)13-12(18-16(24)19-14(13)22)9-25-7-8-26-15(23)11-5-3-2-4-6-11/h2-6H,1,7-9H2,(H2,18,19,22,24). The van der Waals surface area contributed by atoms with Crippen LogP contribution in [0.25, 0.3) is 16.1 Å². The van der Waals surface area contributed by atoms with E-state index in [2.05, 4.69) is 21.6 Å². The van der Waals surface area contributed by atoms with Gasteiger partial charge in [-0.15, -0.1) is 0 Å². The van der Waals surface area contributed by atoms with Crippen molar-refractivity contribution in [3.63, 3.8) is 0 Å². The predicted molar refractivity (Wildman–Crippen MR) is 92.2 cm³/mol. The Morgan fingerprint density at radius 2 is 1.92 bits per heavy atom. The molecule has 134 valence electrons. The second-order valence-corrected chi connectivity index (χ2v) is 4.95. The molecule has 10 nitrogen and oxygen atoms in total. The van der Waals surface area contributed by atoms with Crippen LogP contribution in [0.4, 0.5) is 0 Å². The minimum atomic E-state index is -0.750. The fourth-order valence-electron chi connectivity index (χ4n) is 2.08. The van der Waals surface area contributed by atoms with E-state index < -0.39 is 17.2 Å². The van der Waals surface area contributed by atoms with Crippen LogP contribution in [0.1, 0.15) is 21.6 Å². The van der Waals surface area contributed by atoms with Crippen LogP contribution in [-0.4, -0.2) is 29.2 Å². The van der Waals surface area contributed by atoms with Crippen molar-refractivity contribution in [2.45, 2.75) is 6.61 Å². The van der Waals surface area contributed by atoms with Crippen molar-refractivity contribution in [3.05, 3.63) is 85.0 Å². The first kappa shape index (κ1) is 18.7. The molecular weight excluding hydrogens is 342 g/mol. The molecule has 2 rings (SSSR count). The van der Waals surface area contributed by atoms with Gasteiger partial charge in [-0.05, 0) is 17.7 Å². The molecule has 0 saturated carbocycles. The van der Waals surface area contributed by atoms with Crippen LogP contribution >= 0.6 is 0 Å². The Labute approximate surface area is 146 Å². The average molecular weight is 357 g/mol. The fraction of sp³-hybridized carbons (Fsp3) is 0.188. The number of benzene rings is 1. The second kappa shape index (κ2) is 9.02. The first-order valence-corrected chi connectivity index (χ1v) is 7.42. The first-order chi connectivity index (χ1) is 12.5. The summed E-state index contributed by atoms with van der Waals surface area (Å²) in [6.07, 6.45) is 0. The highest BCUT2D eigenvalue weighted by molar-refractivity contribution is 5.89. The van der Waals surface area contributed by atoms with Crippen LogP contribution in [0.5, 0.6) is 0 Å². The summed E-state index contributed by atoms with van der Waals surface area (Å²) in [4.78, 5) is 42.0. The van der Waals surface area contributed by atoms with E-state index >= 15 is 0 Å². The van der Waals surface area contributed by atoms with Gasteiger partial charge in [0.2, 0.25) is 0 Å². The fourth-order valence-corrected chi connectivity index (χ4v) is 2.08. The zero-order valence-electron chi connectivity index (χ0n) is 13.6. The Morgan fingerprint density at radius 1 is 1.19 bits per heavy atom. The van der Waals surface area contributed by atoms with E-state index in [-0.39, 0.29) is 36.8 Å². The number of hydrogen-bond acceptors (Lipinski definition) is 6. The van der Waals surface area contributed by atoms with E-state index in [0.29, 0.717) is 5.56 Å². The Morgan fingerprint density at radius 3 is 2.62 bits per heavy atom. The predicted octanol–water partition coefficient (Wildman–Crippen LogP) is 1.72. The third kappa shape index (κ3) is 4.94. The first-order valence-electron chi connectivity index (χ1n) is 7.42. The molecular formula is C16H15N5O5. The minimum absolute atomic E-state index is 0.0201. The van der Waals surface area contributed by atoms with Gasteiger partial charge in [-0.25, -0.2) is 9.59 Å². The normalized spacial score (nSPS) is 10.0. The van der Waals surface area contributed by atoms with Crippen molar-refractivity contribution in [1.29, 1.82) is 0 Å². The summed E-state index contributed by atoms with van der Waals surface area (Å²) in [6, 6.07) is 8.46. The molecule has 10 heteroatoms. The molecule has 0 fully saturated rings. The molecule has 0 atom stereocenters. The maximum Gasteiger partial charge on any atom is 0.338 e. The number of carbonyl (C=O) groups is 1. The van der Waals surface area contributed by atoms with Gasteiger partial charge in [-0.1, -0.05) is 29.9 Å². The van der Waals surface area contributed by atoms with Crippen LogP contribution < -0.4 is 11.2 Å². The Hall–Kier alpha value is -3.62. The lowest BCUT2D eigenvalue weighted by molar-refractivity contribution is 0.0283. The number of nitrogens with one attached hydrogen (secondary N) is 2. The molecule has 0 aliphatic carbocycles. The quantitative estimate of drug-likeness (QED) is 0.242. The number of H-pyrrole nitrogens is 2. The van der Waals surface area contributed by atoms with Crippen LogP contribution in [0.15, 0.2) is 51.6 Å². The van der Waals surface area contributed by atoms with Gasteiger partial charge >= 0.3 is 11.7 Å². The van der Waals surface area contributed by atoms with Crippen molar-refractivity contribution >= 4 is 11.7 Å². The second-order valence-electron chi connectivity index (χ2n) is 4.95. The minimum Gasteiger partial charge on any atom is -0.460 e. The maximum atomic E-state index is 11.9. The van der Waals surface area contributed by atoms with Gasteiger partial charge in [-0.3, -0.25) is 9.78 Å². The van der Waals surface area contributed by atoms with Gasteiger partial charge in [0.15, 0.2) is 0 Å². The number of aromatic nitrogens is 2. The van der Waals surface area contributed by atoms with Crippen molar-refractivity contribution in [3.8, 4) is 0 Å². The molecule has 2 aromatic rings. The SMILES string of the molecule is C=C(N=[N+]=[N-])c1c(COCCOC(=O)c2ccccc2)[nH]c(=O)[nH]c1=O. The molecule has 1 aromatic heterocycles. The number of aromatic amines is 2. The Kier molecular flexibility index (Phi) is 6.49. The van der Waals surface area contributed by atoms with Gasteiger partial charge < -0.3 is 14.5 Å². The summed E-state index contributed by atoms with van der Waals surface area (Å²) in [5.41, 5.74) is 7.26. The lowest BCUT2D eigenvalue weighted by Crippen LogP contribution is -2.28. The smallest absolute Gasteiger partial charge is 0.338 e. The maximum absolute atomic E-state index is 11.9. The van der Waals surface area contributed by atoms with Crippen molar-refractivity contribution in [1.82, 2.24) is 9.97 Å². The average Bonchev–Trinajstić information content (AvgIpc) is 2.61. The number of carbonyl (C=O) groups excluding carboxylic acids is 1. The molecule has 0 aliphatic rings. The van der Waals surface area contributed by atoms with Gasteiger partial charge in [0.1, 0.15) is 6.61 Å². The molecule has 0 unspecified atom stereocenters. The van der Waals surface area contributed by atoms with E-state index in [4.69, 9.17) is 15.0 Å². The molecule has 1 heterocycles. The summed E-state index contributed by atoms with van der Waals surface area (Å²) >= 11 is 0. The number of ether oxygens (including phenoxy) is 2. The van der Waals surface area contributed by atoms with Gasteiger partial charge in [0.25, 0.3) is 5.56 Å². The van der Waals surface area contributed by atoms with E-state index in [1.54, 1.807) is 30.3 Å². The highest BCUT2D eigenvalue weighted by atomic mass is 16.6. The van der Waals surface area contributed by atoms with E-state index in [1.165, 1.54) is 0 Å². The van der Waals surface area contributed by atoms with Gasteiger partial charge in [0.05, 0.1) is 30.0 Å². The zero-order chi connectivity index (χ0) is 18.9. The van der Waals surface area contributed by atoms with E-state index in [9.17, 15) is 14.4 Å². The molecule has 0 aliphatic heterocycles. The van der Waals surface area contributed by atoms with Crippen LogP contribution in [0, 0.1) is 0 Å². The highest BCUT2D eigenvalue weighted by Gasteiger charge is 2.12. The topological polar surface area (TPSA) is 150 Å². The lowest BCUT2D eigenvalue weighted by atomic mass is 10.2. The largest absolute Gasteiger partial charge is 0.460 e. The molecule has 2 N–H and O–H groups in total. The monoisotopic (exact) mass is 357 g/mol. The zero-order valence-corrected chi connectivity index (χ0v) is 13.6. The number of azide groups is 1. The van der Waals surface area contributed by atoms with Crippen molar-refractivity contribution in [2.75, 3.05) is 13.2 Å². The highest BCUT2D eigenvalue weighted by Crippen LogP contribution is 2.13. The molecule has 0 amide bonds. The summed E-state index contributed by atoms with van der Waals surface area (Å²) in [6.45, 7) is 3.32. The van der Waals surface area contributed by atoms with E-state index in [0.717, 1.165) is 0 Å². The number of nitrogens with zero attached hydrogens (tertiary/aromatic N) is 3. The third-order valence-electron chi connectivity index (χ3n) is 3.19. The number of rotatable bonds is 8. The Bertz CT molecular complexity index is 957. The van der Waals surface area contributed by atoms with Crippen molar-refractivity contribution in [2.24, 2.45) is 5.11 Å². The number of hydrogen-bond donors (Lipinski definition) is 2. The van der Waals surface area contributed by atoms with Crippen LogP contribution in [0.3, 0.4) is 0 Å². The Balaban J connectivity index is 1.94. The molecule has 0 saturated heterocycles. The van der Waals surface area contributed by atoms with Crippen LogP contribution in [0.2, 0.25) is 0 Å². The van der Waals surface area contributed by atoms with Crippen molar-refractivity contribution < 1.29 is 14.3 Å². The van der Waals surface area contributed by atoms with Gasteiger partial charge in [-0.2, -0.15) is 0 Å². The molecule has 1 aromatic carbocycles.